The van der Waals surface area contributed by atoms with Gasteiger partial charge in [0.2, 0.25) is 5.91 Å². The molecule has 6 nitrogen and oxygen atoms in total. The van der Waals surface area contributed by atoms with Crippen LogP contribution in [0.5, 0.6) is 0 Å². The number of carbonyl (C=O) groups excluding carboxylic acids is 2. The number of nitrogens with zero attached hydrogens (tertiary/aromatic N) is 3. The van der Waals surface area contributed by atoms with E-state index in [1.54, 1.807) is 34.3 Å². The van der Waals surface area contributed by atoms with E-state index in [-0.39, 0.29) is 12.0 Å². The number of rotatable bonds is 4. The largest absolute Gasteiger partial charge is 0.444 e. The molecule has 1 saturated heterocycles. The summed E-state index contributed by atoms with van der Waals surface area (Å²) in [6, 6.07) is 3.71. The fourth-order valence-corrected chi connectivity index (χ4v) is 2.87. The minimum atomic E-state index is -0.471. The van der Waals surface area contributed by atoms with E-state index in [0.29, 0.717) is 25.6 Å². The summed E-state index contributed by atoms with van der Waals surface area (Å²) < 4.78 is 5.41. The number of aromatic nitrogens is 1. The Morgan fingerprint density at radius 2 is 1.88 bits per heavy atom. The van der Waals surface area contributed by atoms with Gasteiger partial charge in [-0.25, -0.2) is 4.79 Å². The molecule has 0 spiro atoms. The van der Waals surface area contributed by atoms with Crippen LogP contribution in [0.15, 0.2) is 30.6 Å². The minimum absolute atomic E-state index is 0.0172. The van der Waals surface area contributed by atoms with Crippen molar-refractivity contribution in [2.75, 3.05) is 26.7 Å². The van der Waals surface area contributed by atoms with Crippen molar-refractivity contribution in [3.8, 4) is 0 Å². The molecular formula is C20H29N3O3. The Labute approximate surface area is 155 Å². The SMILES string of the molecule is CN(CC1CCN(C(=O)OC(C)(C)C)CC1)C(=O)C=Cc1ccncc1. The second-order valence-corrected chi connectivity index (χ2v) is 7.74. The van der Waals surface area contributed by atoms with E-state index in [1.807, 2.05) is 40.0 Å². The fourth-order valence-electron chi connectivity index (χ4n) is 2.87. The number of ether oxygens (including phenoxy) is 1. The van der Waals surface area contributed by atoms with E-state index >= 15 is 0 Å². The van der Waals surface area contributed by atoms with Gasteiger partial charge in [-0.15, -0.1) is 0 Å². The van der Waals surface area contributed by atoms with Gasteiger partial charge in [0.1, 0.15) is 5.60 Å². The lowest BCUT2D eigenvalue weighted by atomic mass is 9.96. The maximum Gasteiger partial charge on any atom is 0.410 e. The molecule has 1 aromatic heterocycles. The van der Waals surface area contributed by atoms with Crippen LogP contribution in [-0.4, -0.2) is 59.1 Å². The highest BCUT2D eigenvalue weighted by atomic mass is 16.6. The first kappa shape index (κ1) is 19.9. The first-order valence-corrected chi connectivity index (χ1v) is 9.06. The van der Waals surface area contributed by atoms with Gasteiger partial charge in [0.05, 0.1) is 0 Å². The van der Waals surface area contributed by atoms with Crippen molar-refractivity contribution < 1.29 is 14.3 Å². The Kier molecular flexibility index (Phi) is 6.77. The number of pyridine rings is 1. The third kappa shape index (κ3) is 6.50. The zero-order valence-electron chi connectivity index (χ0n) is 16.1. The van der Waals surface area contributed by atoms with Crippen molar-refractivity contribution in [1.29, 1.82) is 0 Å². The zero-order chi connectivity index (χ0) is 19.2. The van der Waals surface area contributed by atoms with E-state index in [1.165, 1.54) is 0 Å². The second-order valence-electron chi connectivity index (χ2n) is 7.74. The predicted octanol–water partition coefficient (Wildman–Crippen LogP) is 3.20. The lowest BCUT2D eigenvalue weighted by Gasteiger charge is -2.34. The molecule has 26 heavy (non-hydrogen) atoms. The highest BCUT2D eigenvalue weighted by molar-refractivity contribution is 5.91. The van der Waals surface area contributed by atoms with Crippen molar-refractivity contribution >= 4 is 18.1 Å². The second kappa shape index (κ2) is 8.83. The van der Waals surface area contributed by atoms with Crippen LogP contribution in [0, 0.1) is 5.92 Å². The molecule has 142 valence electrons. The van der Waals surface area contributed by atoms with Gasteiger partial charge < -0.3 is 14.5 Å². The number of amides is 2. The molecule has 1 fully saturated rings. The standard InChI is InChI=1S/C20H29N3O3/c1-20(2,3)26-19(25)23-13-9-17(10-14-23)15-22(4)18(24)6-5-16-7-11-21-12-8-16/h5-8,11-12,17H,9-10,13-15H2,1-4H3. The summed E-state index contributed by atoms with van der Waals surface area (Å²) in [5.41, 5.74) is 0.481. The highest BCUT2D eigenvalue weighted by Gasteiger charge is 2.27. The monoisotopic (exact) mass is 359 g/mol. The topological polar surface area (TPSA) is 62.7 Å². The number of hydrogen-bond donors (Lipinski definition) is 0. The Bertz CT molecular complexity index is 629. The summed E-state index contributed by atoms with van der Waals surface area (Å²) in [6.07, 6.45) is 8.30. The van der Waals surface area contributed by atoms with Gasteiger partial charge in [0, 0.05) is 45.2 Å². The van der Waals surface area contributed by atoms with Crippen LogP contribution >= 0.6 is 0 Å². The van der Waals surface area contributed by atoms with Crippen LogP contribution in [0.25, 0.3) is 6.08 Å². The van der Waals surface area contributed by atoms with Gasteiger partial charge in [-0.1, -0.05) is 0 Å². The Morgan fingerprint density at radius 1 is 1.27 bits per heavy atom. The normalized spacial score (nSPS) is 15.9. The summed E-state index contributed by atoms with van der Waals surface area (Å²) >= 11 is 0. The van der Waals surface area contributed by atoms with Gasteiger partial charge in [-0.05, 0) is 63.3 Å². The minimum Gasteiger partial charge on any atom is -0.444 e. The summed E-state index contributed by atoms with van der Waals surface area (Å²) in [5, 5.41) is 0. The van der Waals surface area contributed by atoms with E-state index in [9.17, 15) is 9.59 Å². The van der Waals surface area contributed by atoms with E-state index in [2.05, 4.69) is 4.98 Å². The molecule has 0 bridgehead atoms. The van der Waals surface area contributed by atoms with Crippen molar-refractivity contribution in [3.05, 3.63) is 36.2 Å². The lowest BCUT2D eigenvalue weighted by molar-refractivity contribution is -0.125. The molecule has 0 unspecified atom stereocenters. The van der Waals surface area contributed by atoms with Crippen LogP contribution in [-0.2, 0) is 9.53 Å². The molecule has 0 aliphatic carbocycles. The van der Waals surface area contributed by atoms with E-state index in [0.717, 1.165) is 18.4 Å². The smallest absolute Gasteiger partial charge is 0.410 e. The zero-order valence-corrected chi connectivity index (χ0v) is 16.1. The number of likely N-dealkylation sites (N-methyl/N-ethyl adjacent to an activating group) is 1. The molecule has 0 atom stereocenters. The van der Waals surface area contributed by atoms with Crippen LogP contribution in [0.3, 0.4) is 0 Å². The lowest BCUT2D eigenvalue weighted by Crippen LogP contribution is -2.43. The average molecular weight is 359 g/mol. The summed E-state index contributed by atoms with van der Waals surface area (Å²) in [5.74, 6) is 0.383. The first-order chi connectivity index (χ1) is 12.2. The quantitative estimate of drug-likeness (QED) is 0.775. The van der Waals surface area contributed by atoms with Crippen LogP contribution < -0.4 is 0 Å². The molecule has 1 aromatic rings. The van der Waals surface area contributed by atoms with Crippen molar-refractivity contribution in [1.82, 2.24) is 14.8 Å². The van der Waals surface area contributed by atoms with Gasteiger partial charge in [0.15, 0.2) is 0 Å². The molecule has 0 radical (unpaired) electrons. The molecule has 2 heterocycles. The molecule has 0 N–H and O–H groups in total. The van der Waals surface area contributed by atoms with E-state index < -0.39 is 5.60 Å². The van der Waals surface area contributed by atoms with Gasteiger partial charge in [0.25, 0.3) is 0 Å². The maximum absolute atomic E-state index is 12.3. The molecule has 6 heteroatoms. The summed E-state index contributed by atoms with van der Waals surface area (Å²) in [7, 11) is 1.82. The summed E-state index contributed by atoms with van der Waals surface area (Å²) in [6.45, 7) is 7.66. The van der Waals surface area contributed by atoms with Gasteiger partial charge in [-0.3, -0.25) is 9.78 Å². The number of carbonyl (C=O) groups is 2. The number of likely N-dealkylation sites (tertiary alicyclic amines) is 1. The maximum atomic E-state index is 12.3. The third-order valence-corrected chi connectivity index (χ3v) is 4.30. The molecule has 0 aromatic carbocycles. The Morgan fingerprint density at radius 3 is 2.46 bits per heavy atom. The first-order valence-electron chi connectivity index (χ1n) is 9.06. The molecule has 0 saturated carbocycles. The molecule has 1 aliphatic heterocycles. The Balaban J connectivity index is 1.77. The number of hydrogen-bond acceptors (Lipinski definition) is 4. The van der Waals surface area contributed by atoms with Crippen molar-refractivity contribution in [3.63, 3.8) is 0 Å². The molecular weight excluding hydrogens is 330 g/mol. The predicted molar refractivity (Wildman–Crippen MR) is 101 cm³/mol. The van der Waals surface area contributed by atoms with Crippen LogP contribution in [0.4, 0.5) is 4.79 Å². The summed E-state index contributed by atoms with van der Waals surface area (Å²) in [4.78, 5) is 31.8. The van der Waals surface area contributed by atoms with E-state index in [4.69, 9.17) is 4.74 Å². The third-order valence-electron chi connectivity index (χ3n) is 4.30. The fraction of sp³-hybridized carbons (Fsp3) is 0.550. The molecule has 2 rings (SSSR count). The highest BCUT2D eigenvalue weighted by Crippen LogP contribution is 2.20. The molecule has 1 aliphatic rings. The van der Waals surface area contributed by atoms with Gasteiger partial charge in [-0.2, -0.15) is 0 Å². The van der Waals surface area contributed by atoms with Gasteiger partial charge >= 0.3 is 6.09 Å². The van der Waals surface area contributed by atoms with Crippen LogP contribution in [0.2, 0.25) is 0 Å². The average Bonchev–Trinajstić information content (AvgIpc) is 2.59. The molecule has 2 amide bonds. The Hall–Kier alpha value is -2.37. The van der Waals surface area contributed by atoms with Crippen molar-refractivity contribution in [2.24, 2.45) is 5.92 Å². The van der Waals surface area contributed by atoms with Crippen LogP contribution in [0.1, 0.15) is 39.2 Å². The number of piperidine rings is 1. The van der Waals surface area contributed by atoms with Crippen molar-refractivity contribution in [2.45, 2.75) is 39.2 Å².